The van der Waals surface area contributed by atoms with Crippen molar-refractivity contribution in [3.63, 3.8) is 0 Å². The van der Waals surface area contributed by atoms with Crippen LogP contribution in [0.2, 0.25) is 0 Å². The van der Waals surface area contributed by atoms with Crippen LogP contribution >= 0.6 is 0 Å². The van der Waals surface area contributed by atoms with Gasteiger partial charge in [-0.05, 0) is 54.3 Å². The lowest BCUT2D eigenvalue weighted by Gasteiger charge is -2.26. The Kier molecular flexibility index (Phi) is 7.13. The zero-order valence-corrected chi connectivity index (χ0v) is 20.7. The average Bonchev–Trinajstić information content (AvgIpc) is 2.87. The molecule has 1 amide bonds. The highest BCUT2D eigenvalue weighted by molar-refractivity contribution is 7.93. The molecule has 0 unspecified atom stereocenters. The van der Waals surface area contributed by atoms with Gasteiger partial charge >= 0.3 is 6.18 Å². The Hall–Kier alpha value is -4.05. The third-order valence-electron chi connectivity index (χ3n) is 5.70. The minimum atomic E-state index is -4.71. The molecule has 0 spiro atoms. The second-order valence-electron chi connectivity index (χ2n) is 8.29. The predicted octanol–water partition coefficient (Wildman–Crippen LogP) is 6.01. The van der Waals surface area contributed by atoms with Gasteiger partial charge in [-0.15, -0.1) is 0 Å². The topological polar surface area (TPSA) is 75.7 Å². The first-order valence-electron chi connectivity index (χ1n) is 11.1. The Morgan fingerprint density at radius 2 is 1.65 bits per heavy atom. The van der Waals surface area contributed by atoms with E-state index in [4.69, 9.17) is 4.74 Å². The summed E-state index contributed by atoms with van der Waals surface area (Å²) in [6, 6.07) is 20.8. The Morgan fingerprint density at radius 3 is 2.38 bits per heavy atom. The van der Waals surface area contributed by atoms with E-state index in [-0.39, 0.29) is 16.3 Å². The van der Waals surface area contributed by atoms with E-state index >= 15 is 0 Å². The van der Waals surface area contributed by atoms with Gasteiger partial charge in [0.2, 0.25) is 5.91 Å². The average molecular weight is 529 g/mol. The number of fused-ring (bicyclic) bond motifs is 1. The lowest BCUT2D eigenvalue weighted by atomic mass is 10.1. The van der Waals surface area contributed by atoms with Gasteiger partial charge in [0.15, 0.2) is 0 Å². The van der Waals surface area contributed by atoms with Gasteiger partial charge in [-0.1, -0.05) is 48.5 Å². The van der Waals surface area contributed by atoms with Crippen LogP contribution in [0.5, 0.6) is 5.75 Å². The van der Waals surface area contributed by atoms with Crippen molar-refractivity contribution < 1.29 is 31.1 Å². The van der Waals surface area contributed by atoms with Crippen LogP contribution < -0.4 is 14.4 Å². The number of carbonyl (C=O) groups excluding carboxylic acids is 1. The first-order chi connectivity index (χ1) is 17.5. The van der Waals surface area contributed by atoms with Crippen LogP contribution in [0.15, 0.2) is 89.8 Å². The molecule has 0 heterocycles. The molecule has 0 aliphatic carbocycles. The summed E-state index contributed by atoms with van der Waals surface area (Å²) in [5, 5.41) is 4.28. The van der Waals surface area contributed by atoms with Crippen LogP contribution in [0.4, 0.5) is 24.5 Å². The van der Waals surface area contributed by atoms with Crippen molar-refractivity contribution in [3.8, 4) is 5.75 Å². The maximum Gasteiger partial charge on any atom is 0.416 e. The number of rotatable bonds is 7. The number of nitrogens with zero attached hydrogens (tertiary/aromatic N) is 1. The van der Waals surface area contributed by atoms with E-state index in [1.807, 2.05) is 18.2 Å². The number of hydrogen-bond donors (Lipinski definition) is 1. The molecule has 10 heteroatoms. The molecule has 0 atom stereocenters. The molecule has 37 heavy (non-hydrogen) atoms. The summed E-state index contributed by atoms with van der Waals surface area (Å²) in [6.07, 6.45) is -4.71. The second-order valence-corrected chi connectivity index (χ2v) is 10.1. The van der Waals surface area contributed by atoms with E-state index < -0.39 is 34.2 Å². The second kappa shape index (κ2) is 10.1. The molecule has 1 N–H and O–H groups in total. The SMILES string of the molecule is COc1ccc(C)cc1S(=O)(=O)N(CC(=O)Nc1cccc2ccccc12)c1cccc(C(F)(F)F)c1. The number of ether oxygens (including phenoxy) is 1. The number of hydrogen-bond acceptors (Lipinski definition) is 4. The fourth-order valence-electron chi connectivity index (χ4n) is 3.91. The molecule has 0 aromatic heterocycles. The fraction of sp³-hybridized carbons (Fsp3) is 0.148. The number of benzene rings is 4. The fourth-order valence-corrected chi connectivity index (χ4v) is 5.57. The van der Waals surface area contributed by atoms with Crippen molar-refractivity contribution in [2.75, 3.05) is 23.3 Å². The molecule has 192 valence electrons. The van der Waals surface area contributed by atoms with E-state index in [0.29, 0.717) is 21.6 Å². The molecular weight excluding hydrogens is 505 g/mol. The van der Waals surface area contributed by atoms with Gasteiger partial charge in [0.1, 0.15) is 17.2 Å². The van der Waals surface area contributed by atoms with Gasteiger partial charge in [-0.25, -0.2) is 8.42 Å². The quantitative estimate of drug-likeness (QED) is 0.319. The first kappa shape index (κ1) is 26.0. The van der Waals surface area contributed by atoms with Crippen molar-refractivity contribution in [2.45, 2.75) is 18.0 Å². The standard InChI is InChI=1S/C27H23F3N2O4S/c1-18-13-14-24(36-2)25(15-18)37(34,35)32(21-10-6-9-20(16-21)27(28,29)30)17-26(33)31-23-12-5-8-19-7-3-4-11-22(19)23/h3-16H,17H2,1-2H3,(H,31,33). The lowest BCUT2D eigenvalue weighted by Crippen LogP contribution is -2.38. The zero-order valence-electron chi connectivity index (χ0n) is 19.9. The number of halogens is 3. The number of amides is 1. The summed E-state index contributed by atoms with van der Waals surface area (Å²) in [5.74, 6) is -0.735. The van der Waals surface area contributed by atoms with Crippen molar-refractivity contribution >= 4 is 38.1 Å². The van der Waals surface area contributed by atoms with Crippen LogP contribution in [0.3, 0.4) is 0 Å². The number of carbonyl (C=O) groups is 1. The predicted molar refractivity (Wildman–Crippen MR) is 136 cm³/mol. The molecule has 0 radical (unpaired) electrons. The molecule has 0 fully saturated rings. The third kappa shape index (κ3) is 5.54. The van der Waals surface area contributed by atoms with E-state index in [9.17, 15) is 26.4 Å². The van der Waals surface area contributed by atoms with E-state index in [1.165, 1.54) is 25.3 Å². The van der Waals surface area contributed by atoms with Crippen molar-refractivity contribution in [1.29, 1.82) is 0 Å². The van der Waals surface area contributed by atoms with Crippen LogP contribution in [0.25, 0.3) is 10.8 Å². The van der Waals surface area contributed by atoms with E-state index in [0.717, 1.165) is 22.9 Å². The molecule has 0 aliphatic heterocycles. The van der Waals surface area contributed by atoms with Crippen molar-refractivity contribution in [1.82, 2.24) is 0 Å². The number of aryl methyl sites for hydroxylation is 1. The molecule has 0 saturated heterocycles. The summed E-state index contributed by atoms with van der Waals surface area (Å²) in [6.45, 7) is 0.893. The smallest absolute Gasteiger partial charge is 0.416 e. The third-order valence-corrected chi connectivity index (χ3v) is 7.49. The number of methoxy groups -OCH3 is 1. The molecule has 0 bridgehead atoms. The number of nitrogens with one attached hydrogen (secondary N) is 1. The number of alkyl halides is 3. The molecule has 6 nitrogen and oxygen atoms in total. The summed E-state index contributed by atoms with van der Waals surface area (Å²) >= 11 is 0. The molecule has 0 saturated carbocycles. The Labute approximate surface area is 212 Å². The van der Waals surface area contributed by atoms with Crippen LogP contribution in [0, 0.1) is 6.92 Å². The summed E-state index contributed by atoms with van der Waals surface area (Å²) in [4.78, 5) is 12.9. The molecular formula is C27H23F3N2O4S. The zero-order chi connectivity index (χ0) is 26.8. The number of anilines is 2. The largest absolute Gasteiger partial charge is 0.495 e. The van der Waals surface area contributed by atoms with Gasteiger partial charge in [-0.2, -0.15) is 13.2 Å². The highest BCUT2D eigenvalue weighted by atomic mass is 32.2. The Bertz CT molecular complexity index is 1560. The highest BCUT2D eigenvalue weighted by Crippen LogP contribution is 2.35. The minimum Gasteiger partial charge on any atom is -0.495 e. The maximum absolute atomic E-state index is 13.8. The lowest BCUT2D eigenvalue weighted by molar-refractivity contribution is -0.137. The van der Waals surface area contributed by atoms with Gasteiger partial charge in [0.05, 0.1) is 18.4 Å². The van der Waals surface area contributed by atoms with Crippen LogP contribution in [-0.4, -0.2) is 28.0 Å². The molecule has 0 aliphatic rings. The molecule has 4 aromatic rings. The minimum absolute atomic E-state index is 0.00274. The maximum atomic E-state index is 13.8. The van der Waals surface area contributed by atoms with Gasteiger partial charge in [0, 0.05) is 11.1 Å². The van der Waals surface area contributed by atoms with Gasteiger partial charge in [-0.3, -0.25) is 9.10 Å². The van der Waals surface area contributed by atoms with Crippen LogP contribution in [0.1, 0.15) is 11.1 Å². The van der Waals surface area contributed by atoms with Gasteiger partial charge in [0.25, 0.3) is 10.0 Å². The monoisotopic (exact) mass is 528 g/mol. The van der Waals surface area contributed by atoms with E-state index in [2.05, 4.69) is 5.32 Å². The highest BCUT2D eigenvalue weighted by Gasteiger charge is 2.34. The summed E-state index contributed by atoms with van der Waals surface area (Å²) in [7, 11) is -3.25. The Balaban J connectivity index is 1.78. The van der Waals surface area contributed by atoms with E-state index in [1.54, 1.807) is 37.3 Å². The normalized spacial score (nSPS) is 11.8. The van der Waals surface area contributed by atoms with Crippen molar-refractivity contribution in [2.24, 2.45) is 0 Å². The summed E-state index contributed by atoms with van der Waals surface area (Å²) < 4.78 is 73.8. The Morgan fingerprint density at radius 1 is 0.946 bits per heavy atom. The first-order valence-corrected chi connectivity index (χ1v) is 12.6. The molecule has 4 aromatic carbocycles. The van der Waals surface area contributed by atoms with Crippen molar-refractivity contribution in [3.05, 3.63) is 96.1 Å². The van der Waals surface area contributed by atoms with Crippen LogP contribution in [-0.2, 0) is 21.0 Å². The molecule has 4 rings (SSSR count). The van der Waals surface area contributed by atoms with Gasteiger partial charge < -0.3 is 10.1 Å². The number of sulfonamides is 1. The summed E-state index contributed by atoms with van der Waals surface area (Å²) in [5.41, 5.74) is -0.330.